The number of aromatic nitrogens is 1. The Morgan fingerprint density at radius 1 is 1.07 bits per heavy atom. The first-order chi connectivity index (χ1) is 21.3. The number of piperazine rings is 1. The molecule has 9 nitrogen and oxygen atoms in total. The molecule has 2 saturated heterocycles. The Labute approximate surface area is 286 Å². The first-order valence-electron chi connectivity index (χ1n) is 16.6. The number of aliphatic hydroxyl groups is 1. The summed E-state index contributed by atoms with van der Waals surface area (Å²) in [6.07, 6.45) is 9.67. The van der Waals surface area contributed by atoms with Crippen LogP contribution in [0.3, 0.4) is 0 Å². The van der Waals surface area contributed by atoms with Crippen LogP contribution in [0.4, 0.5) is 0 Å². The summed E-state index contributed by atoms with van der Waals surface area (Å²) in [5.41, 5.74) is 1.87. The molecular weight excluding hydrogens is 625 g/mol. The van der Waals surface area contributed by atoms with Gasteiger partial charge in [-0.3, -0.25) is 24.3 Å². The van der Waals surface area contributed by atoms with E-state index in [1.807, 2.05) is 54.4 Å². The predicted molar refractivity (Wildman–Crippen MR) is 184 cm³/mol. The van der Waals surface area contributed by atoms with Crippen LogP contribution in [0.25, 0.3) is 0 Å². The monoisotopic (exact) mass is 675 g/mol. The molecule has 3 fully saturated rings. The Kier molecular flexibility index (Phi) is 14.3. The molecule has 0 bridgehead atoms. The van der Waals surface area contributed by atoms with Crippen LogP contribution in [0.2, 0.25) is 0 Å². The Morgan fingerprint density at radius 3 is 2.39 bits per heavy atom. The second-order valence-electron chi connectivity index (χ2n) is 13.0. The molecule has 46 heavy (non-hydrogen) atoms. The molecule has 1 aromatic carbocycles. The van der Waals surface area contributed by atoms with Crippen molar-refractivity contribution in [2.75, 3.05) is 33.2 Å². The Morgan fingerprint density at radius 2 is 1.76 bits per heavy atom. The molecule has 2 aromatic rings. The van der Waals surface area contributed by atoms with E-state index < -0.39 is 17.7 Å². The molecule has 3 amide bonds. The van der Waals surface area contributed by atoms with Gasteiger partial charge in [0.15, 0.2) is 0 Å². The number of nitrogens with one attached hydrogen (secondary N) is 1. The zero-order valence-electron chi connectivity index (χ0n) is 27.2. The molecule has 1 spiro atoms. The van der Waals surface area contributed by atoms with Gasteiger partial charge < -0.3 is 20.2 Å². The number of rotatable bonds is 11. The topological polar surface area (TPSA) is 106 Å². The smallest absolute Gasteiger partial charge is 0.253 e. The maximum atomic E-state index is 13.9. The normalized spacial score (nSPS) is 20.8. The van der Waals surface area contributed by atoms with Gasteiger partial charge in [-0.2, -0.15) is 0 Å². The zero-order valence-corrected chi connectivity index (χ0v) is 28.9. The second kappa shape index (κ2) is 17.4. The lowest BCUT2D eigenvalue weighted by Gasteiger charge is -2.52. The average molecular weight is 677 g/mol. The number of likely N-dealkylation sites (tertiary alicyclic amines) is 1. The van der Waals surface area contributed by atoms with Crippen LogP contribution in [0.5, 0.6) is 0 Å². The van der Waals surface area contributed by atoms with Crippen molar-refractivity contribution in [2.24, 2.45) is 5.92 Å². The van der Waals surface area contributed by atoms with E-state index in [4.69, 9.17) is 0 Å². The fourth-order valence-electron chi connectivity index (χ4n) is 7.20. The summed E-state index contributed by atoms with van der Waals surface area (Å²) >= 11 is 0. The van der Waals surface area contributed by atoms with Crippen molar-refractivity contribution in [3.05, 3.63) is 65.5 Å². The summed E-state index contributed by atoms with van der Waals surface area (Å²) in [6.45, 7) is 5.33. The van der Waals surface area contributed by atoms with Gasteiger partial charge in [-0.15, -0.1) is 24.8 Å². The summed E-state index contributed by atoms with van der Waals surface area (Å²) < 4.78 is 0. The van der Waals surface area contributed by atoms with Crippen molar-refractivity contribution < 1.29 is 19.5 Å². The minimum atomic E-state index is -0.859. The largest absolute Gasteiger partial charge is 0.390 e. The number of nitrogens with zero attached hydrogens (tertiary/aromatic N) is 4. The fourth-order valence-corrected chi connectivity index (χ4v) is 7.20. The fraction of sp³-hybridized carbons (Fsp3) is 0.600. The highest BCUT2D eigenvalue weighted by Gasteiger charge is 2.55. The van der Waals surface area contributed by atoms with Crippen LogP contribution >= 0.6 is 24.8 Å². The molecule has 3 aliphatic rings. The van der Waals surface area contributed by atoms with E-state index in [1.54, 1.807) is 11.1 Å². The highest BCUT2D eigenvalue weighted by Crippen LogP contribution is 2.36. The van der Waals surface area contributed by atoms with E-state index in [0.717, 1.165) is 49.8 Å². The highest BCUT2D eigenvalue weighted by molar-refractivity contribution is 6.00. The molecule has 0 radical (unpaired) electrons. The van der Waals surface area contributed by atoms with E-state index in [2.05, 4.69) is 22.1 Å². The lowest BCUT2D eigenvalue weighted by molar-refractivity contribution is -0.166. The third-order valence-electron chi connectivity index (χ3n) is 10.0. The number of pyridine rings is 1. The van der Waals surface area contributed by atoms with Crippen molar-refractivity contribution in [2.45, 2.75) is 95.4 Å². The third-order valence-corrected chi connectivity index (χ3v) is 10.0. The molecule has 1 aromatic heterocycles. The summed E-state index contributed by atoms with van der Waals surface area (Å²) in [5, 5.41) is 14.2. The molecule has 1 aliphatic carbocycles. The van der Waals surface area contributed by atoms with Gasteiger partial charge in [0.05, 0.1) is 6.10 Å². The quantitative estimate of drug-likeness (QED) is 0.360. The maximum Gasteiger partial charge on any atom is 0.253 e. The SMILES string of the molecule is CCCCN1C(=O)[C@@H]([C@H](O)C2CCCCC2)NC(=O)C12CCN(Cc1ccc(C(=O)N(C)CCc3ccccn3)cc1)CC2.Cl.Cl. The zero-order chi connectivity index (χ0) is 31.1. The molecule has 2 aliphatic heterocycles. The second-order valence-corrected chi connectivity index (χ2v) is 13.0. The number of halogens is 2. The summed E-state index contributed by atoms with van der Waals surface area (Å²) in [6, 6.07) is 12.7. The number of hydrogen-bond donors (Lipinski definition) is 2. The number of carbonyl (C=O) groups is 3. The Hall–Kier alpha value is -2.72. The molecule has 0 unspecified atom stereocenters. The summed E-state index contributed by atoms with van der Waals surface area (Å²) in [7, 11) is 1.82. The van der Waals surface area contributed by atoms with Gasteiger partial charge in [0.25, 0.3) is 5.91 Å². The predicted octanol–water partition coefficient (Wildman–Crippen LogP) is 4.64. The number of piperidine rings is 1. The standard InChI is InChI=1S/C35H49N5O4.2ClH/c1-3-4-21-40-33(43)30(31(41)27-10-6-5-7-11-27)37-34(44)35(40)18-23-39(24-19-35)25-26-13-15-28(16-14-26)32(42)38(2)22-17-29-12-8-9-20-36-29;;/h8-9,12-16,20,27,30-31,41H,3-7,10-11,17-19,21-25H2,1-2H3,(H,37,44);2*1H/t30-,31-;;/m1../s1. The molecule has 3 heterocycles. The average Bonchev–Trinajstić information content (AvgIpc) is 3.07. The third kappa shape index (κ3) is 8.59. The van der Waals surface area contributed by atoms with E-state index in [-0.39, 0.29) is 48.5 Å². The van der Waals surface area contributed by atoms with Gasteiger partial charge in [-0.1, -0.05) is 50.8 Å². The molecule has 1 saturated carbocycles. The highest BCUT2D eigenvalue weighted by atomic mass is 35.5. The van der Waals surface area contributed by atoms with E-state index in [0.29, 0.717) is 57.5 Å². The summed E-state index contributed by atoms with van der Waals surface area (Å²) in [4.78, 5) is 50.8. The molecule has 5 rings (SSSR count). The molecule has 11 heteroatoms. The Balaban J connectivity index is 0.00000288. The maximum absolute atomic E-state index is 13.9. The molecule has 254 valence electrons. The first kappa shape index (κ1) is 37.7. The van der Waals surface area contributed by atoms with Crippen molar-refractivity contribution in [1.29, 1.82) is 0 Å². The van der Waals surface area contributed by atoms with Gasteiger partial charge in [0.1, 0.15) is 11.6 Å². The van der Waals surface area contributed by atoms with Gasteiger partial charge in [0, 0.05) is 63.6 Å². The van der Waals surface area contributed by atoms with E-state index in [1.165, 1.54) is 6.42 Å². The van der Waals surface area contributed by atoms with Crippen LogP contribution < -0.4 is 5.32 Å². The number of amides is 3. The number of unbranched alkanes of at least 4 members (excludes halogenated alkanes) is 1. The summed E-state index contributed by atoms with van der Waals surface area (Å²) in [5.74, 6) is -0.174. The minimum absolute atomic E-state index is 0. The van der Waals surface area contributed by atoms with Gasteiger partial charge in [0.2, 0.25) is 11.8 Å². The van der Waals surface area contributed by atoms with Crippen LogP contribution in [0, 0.1) is 5.92 Å². The Bertz CT molecular complexity index is 1270. The van der Waals surface area contributed by atoms with E-state index >= 15 is 0 Å². The number of hydrogen-bond acceptors (Lipinski definition) is 6. The van der Waals surface area contributed by atoms with Crippen LogP contribution in [-0.2, 0) is 22.6 Å². The molecule has 2 N–H and O–H groups in total. The molecule has 2 atom stereocenters. The van der Waals surface area contributed by atoms with Gasteiger partial charge in [-0.25, -0.2) is 0 Å². The molecular formula is C35H51Cl2N5O4. The number of likely N-dealkylation sites (N-methyl/N-ethyl adjacent to an activating group) is 1. The van der Waals surface area contributed by atoms with Crippen LogP contribution in [-0.4, -0.2) is 93.4 Å². The van der Waals surface area contributed by atoms with Crippen molar-refractivity contribution in [1.82, 2.24) is 25.0 Å². The van der Waals surface area contributed by atoms with Crippen LogP contribution in [0.15, 0.2) is 48.7 Å². The van der Waals surface area contributed by atoms with Crippen molar-refractivity contribution in [3.63, 3.8) is 0 Å². The number of benzene rings is 1. The number of carbonyl (C=O) groups excluding carboxylic acids is 3. The van der Waals surface area contributed by atoms with Crippen molar-refractivity contribution >= 4 is 42.5 Å². The number of aliphatic hydroxyl groups excluding tert-OH is 1. The lowest BCUT2D eigenvalue weighted by Crippen LogP contribution is -2.75. The van der Waals surface area contributed by atoms with Gasteiger partial charge in [-0.05, 0) is 67.9 Å². The van der Waals surface area contributed by atoms with E-state index in [9.17, 15) is 19.5 Å². The lowest BCUT2D eigenvalue weighted by atomic mass is 9.78. The van der Waals surface area contributed by atoms with Gasteiger partial charge >= 0.3 is 0 Å². The first-order valence-corrected chi connectivity index (χ1v) is 16.6. The minimum Gasteiger partial charge on any atom is -0.390 e. The van der Waals surface area contributed by atoms with Crippen molar-refractivity contribution in [3.8, 4) is 0 Å². The van der Waals surface area contributed by atoms with Crippen LogP contribution in [0.1, 0.15) is 86.3 Å².